The van der Waals surface area contributed by atoms with Gasteiger partial charge < -0.3 is 24.8 Å². The number of hydrogen-bond donors (Lipinski definition) is 0. The van der Waals surface area contributed by atoms with E-state index < -0.39 is 0 Å². The second-order valence-electron chi connectivity index (χ2n) is 8.63. The van der Waals surface area contributed by atoms with Crippen molar-refractivity contribution in [2.45, 2.75) is 48.0 Å². The summed E-state index contributed by atoms with van der Waals surface area (Å²) in [6, 6.07) is 21.6. The maximum Gasteiger partial charge on any atom is -0.0393 e. The molecule has 0 heterocycles. The third kappa shape index (κ3) is 7.42. The first kappa shape index (κ1) is 30.4. The van der Waals surface area contributed by atoms with Crippen molar-refractivity contribution in [2.75, 3.05) is 0 Å². The van der Waals surface area contributed by atoms with E-state index in [1.165, 1.54) is 58.1 Å². The zero-order valence-corrected chi connectivity index (χ0v) is 24.9. The van der Waals surface area contributed by atoms with Crippen LogP contribution in [-0.2, 0) is 24.2 Å². The van der Waals surface area contributed by atoms with Gasteiger partial charge in [-0.1, -0.05) is 66.4 Å². The fourth-order valence-electron chi connectivity index (χ4n) is 3.99. The standard InChI is InChI=1S/C15H17.C13H9.C3H6.2ClH.Zr/c1-10-9-15(14-7-5-6-8-14)13(4)12(3)11(10)2;1-3-7-12-10(5-1)9-11-6-2-4-8-13(11)12;1-3-2;;;/h5,7,9H,6H2,1-4H3;1-9H;1-2H3;2*1H;/q2*-1;;;;+2/p-2. The van der Waals surface area contributed by atoms with Crippen LogP contribution in [0.5, 0.6) is 0 Å². The molecule has 3 heteroatoms. The molecule has 1 aliphatic rings. The molecule has 5 rings (SSSR count). The summed E-state index contributed by atoms with van der Waals surface area (Å²) >= 11 is 1.55. The van der Waals surface area contributed by atoms with E-state index in [1.54, 1.807) is 24.2 Å². The van der Waals surface area contributed by atoms with Gasteiger partial charge in [0, 0.05) is 0 Å². The Hall–Kier alpha value is -1.66. The fourth-order valence-corrected chi connectivity index (χ4v) is 3.99. The van der Waals surface area contributed by atoms with Gasteiger partial charge in [0.2, 0.25) is 0 Å². The van der Waals surface area contributed by atoms with E-state index in [4.69, 9.17) is 0 Å². The molecule has 1 aliphatic carbocycles. The van der Waals surface area contributed by atoms with Gasteiger partial charge in [-0.3, -0.25) is 0 Å². The predicted octanol–water partition coefficient (Wildman–Crippen LogP) is 2.53. The Morgan fingerprint density at radius 1 is 0.794 bits per heavy atom. The number of rotatable bonds is 1. The van der Waals surface area contributed by atoms with Gasteiger partial charge in [-0.2, -0.15) is 17.7 Å². The minimum Gasteiger partial charge on any atom is -1.00 e. The number of benzene rings is 3. The predicted molar refractivity (Wildman–Crippen MR) is 139 cm³/mol. The van der Waals surface area contributed by atoms with E-state index in [2.05, 4.69) is 120 Å². The van der Waals surface area contributed by atoms with Crippen LogP contribution in [0.1, 0.15) is 48.1 Å². The quantitative estimate of drug-likeness (QED) is 0.311. The number of halogens is 2. The number of allylic oxidation sites excluding steroid dienone is 4. The molecule has 34 heavy (non-hydrogen) atoms. The summed E-state index contributed by atoms with van der Waals surface area (Å²) in [7, 11) is 0. The summed E-state index contributed by atoms with van der Waals surface area (Å²) < 4.78 is 1.51. The molecule has 0 aromatic heterocycles. The van der Waals surface area contributed by atoms with Crippen LogP contribution >= 0.6 is 0 Å². The van der Waals surface area contributed by atoms with Gasteiger partial charge in [0.05, 0.1) is 0 Å². The SMILES string of the molecule is C[C](C)=[Zr+2].Cc1cc(C2=[C-]CC=C2)c(C)c(C)c1C.[Cl-].[Cl-].c1ccc2c(c1)[cH-]c1ccccc12. The molecule has 0 nitrogen and oxygen atoms in total. The summed E-state index contributed by atoms with van der Waals surface area (Å²) in [5.74, 6) is 0. The topological polar surface area (TPSA) is 0 Å². The number of hydrogen-bond acceptors (Lipinski definition) is 0. The Bertz CT molecular complexity index is 1270. The first-order valence-corrected chi connectivity index (χ1v) is 12.4. The Kier molecular flexibility index (Phi) is 12.5. The molecule has 4 aromatic carbocycles. The van der Waals surface area contributed by atoms with Gasteiger partial charge in [-0.25, -0.2) is 0 Å². The minimum absolute atomic E-state index is 0. The summed E-state index contributed by atoms with van der Waals surface area (Å²) in [6.45, 7) is 13.0. The van der Waals surface area contributed by atoms with Crippen molar-refractivity contribution in [1.29, 1.82) is 0 Å². The molecule has 0 radical (unpaired) electrons. The first-order valence-electron chi connectivity index (χ1n) is 11.2. The third-order valence-electron chi connectivity index (χ3n) is 5.99. The van der Waals surface area contributed by atoms with Crippen molar-refractivity contribution in [3.8, 4) is 0 Å². The second-order valence-corrected chi connectivity index (χ2v) is 11.1. The molecule has 0 unspecified atom stereocenters. The van der Waals surface area contributed by atoms with Gasteiger partial charge in [0.1, 0.15) is 0 Å². The van der Waals surface area contributed by atoms with Crippen LogP contribution in [0.25, 0.3) is 27.1 Å². The number of fused-ring (bicyclic) bond motifs is 3. The van der Waals surface area contributed by atoms with Crippen LogP contribution in [0.15, 0.2) is 72.8 Å². The van der Waals surface area contributed by atoms with Crippen molar-refractivity contribution in [2.24, 2.45) is 0 Å². The van der Waals surface area contributed by atoms with E-state index in [1.807, 2.05) is 0 Å². The summed E-state index contributed by atoms with van der Waals surface area (Å²) in [5, 5.41) is 5.39. The minimum atomic E-state index is 0. The summed E-state index contributed by atoms with van der Waals surface area (Å²) in [5.41, 5.74) is 8.22. The van der Waals surface area contributed by atoms with Crippen LogP contribution in [0, 0.1) is 33.8 Å². The zero-order chi connectivity index (χ0) is 23.3. The molecule has 0 amide bonds. The average Bonchev–Trinajstić information content (AvgIpc) is 3.43. The molecule has 176 valence electrons. The second kappa shape index (κ2) is 14.0. The van der Waals surface area contributed by atoms with E-state index >= 15 is 0 Å². The van der Waals surface area contributed by atoms with E-state index in [9.17, 15) is 0 Å². The van der Waals surface area contributed by atoms with Gasteiger partial charge in [-0.15, -0.1) is 57.4 Å². The Balaban J connectivity index is 0.000000282. The van der Waals surface area contributed by atoms with Gasteiger partial charge in [0.25, 0.3) is 0 Å². The third-order valence-corrected chi connectivity index (χ3v) is 5.99. The van der Waals surface area contributed by atoms with Crippen LogP contribution < -0.4 is 24.8 Å². The Labute approximate surface area is 232 Å². The maximum absolute atomic E-state index is 3.39. The van der Waals surface area contributed by atoms with Gasteiger partial charge >= 0.3 is 41.3 Å². The molecule has 4 aromatic rings. The summed E-state index contributed by atoms with van der Waals surface area (Å²) in [4.78, 5) is 0. The molecular formula is C31H32Cl2Zr-2. The molecule has 0 aliphatic heterocycles. The Morgan fingerprint density at radius 2 is 1.29 bits per heavy atom. The molecule has 0 saturated carbocycles. The largest absolute Gasteiger partial charge is 1.00 e. The van der Waals surface area contributed by atoms with Crippen molar-refractivity contribution < 1.29 is 49.0 Å². The van der Waals surface area contributed by atoms with E-state index in [0.717, 1.165) is 6.42 Å². The van der Waals surface area contributed by atoms with E-state index in [-0.39, 0.29) is 24.8 Å². The maximum atomic E-state index is 3.39. The molecular weight excluding hydrogens is 534 g/mol. The summed E-state index contributed by atoms with van der Waals surface area (Å²) in [6.07, 6.45) is 8.70. The van der Waals surface area contributed by atoms with Crippen molar-refractivity contribution in [1.82, 2.24) is 0 Å². The molecule has 0 bridgehead atoms. The monoisotopic (exact) mass is 564 g/mol. The molecule has 0 saturated heterocycles. The Morgan fingerprint density at radius 3 is 1.76 bits per heavy atom. The van der Waals surface area contributed by atoms with Crippen LogP contribution in [0.4, 0.5) is 0 Å². The fraction of sp³-hybridized carbons (Fsp3) is 0.226. The van der Waals surface area contributed by atoms with Gasteiger partial charge in [-0.05, 0) is 26.3 Å². The molecule has 0 atom stereocenters. The van der Waals surface area contributed by atoms with Crippen molar-refractivity contribution >= 4 is 30.3 Å². The van der Waals surface area contributed by atoms with E-state index in [0.29, 0.717) is 0 Å². The molecule has 0 fully saturated rings. The number of aryl methyl sites for hydroxylation is 1. The van der Waals surface area contributed by atoms with Crippen LogP contribution in [-0.4, -0.2) is 3.21 Å². The van der Waals surface area contributed by atoms with Gasteiger partial charge in [0.15, 0.2) is 0 Å². The van der Waals surface area contributed by atoms with Crippen molar-refractivity contribution in [3.63, 3.8) is 0 Å². The normalized spacial score (nSPS) is 11.5. The molecule has 0 N–H and O–H groups in total. The average molecular weight is 567 g/mol. The first-order chi connectivity index (χ1) is 15.3. The van der Waals surface area contributed by atoms with Crippen LogP contribution in [0.3, 0.4) is 0 Å². The zero-order valence-electron chi connectivity index (χ0n) is 20.9. The molecule has 0 spiro atoms. The smallest absolute Gasteiger partial charge is 0.0393 e. The van der Waals surface area contributed by atoms with Crippen LogP contribution in [0.2, 0.25) is 0 Å². The van der Waals surface area contributed by atoms with Crippen molar-refractivity contribution in [3.05, 3.63) is 107 Å².